The molecule has 13 heteroatoms. The normalized spacial score (nSPS) is 13.6. The molecule has 1 unspecified atom stereocenters. The number of hydrogen-bond acceptors (Lipinski definition) is 9. The third-order valence-electron chi connectivity index (χ3n) is 4.84. The first-order valence-electron chi connectivity index (χ1n) is 11.0. The summed E-state index contributed by atoms with van der Waals surface area (Å²) in [4.78, 5) is 35.0. The number of Topliss-reactive ketones (excluding diaryl/α,β-unsaturated/α-hetero) is 1. The van der Waals surface area contributed by atoms with E-state index in [1.807, 2.05) is 12.1 Å². The van der Waals surface area contributed by atoms with Crippen LogP contribution in [-0.4, -0.2) is 44.9 Å². The number of benzene rings is 1. The maximum atomic E-state index is 13.5. The maximum absolute atomic E-state index is 13.5. The number of carbonyl (C=O) groups is 1. The van der Waals surface area contributed by atoms with Gasteiger partial charge in [-0.3, -0.25) is 23.7 Å². The second-order valence-corrected chi connectivity index (χ2v) is 10.5. The Kier molecular flexibility index (Phi) is 10.1. The third-order valence-corrected chi connectivity index (χ3v) is 6.87. The minimum Gasteiger partial charge on any atom is -0.369 e. The van der Waals surface area contributed by atoms with E-state index in [0.29, 0.717) is 0 Å². The molecule has 1 atom stereocenters. The van der Waals surface area contributed by atoms with E-state index in [4.69, 9.17) is 25.9 Å². The molecule has 3 N–H and O–H groups in total. The van der Waals surface area contributed by atoms with Crippen molar-refractivity contribution in [3.8, 4) is 12.3 Å². The van der Waals surface area contributed by atoms with Crippen LogP contribution in [0, 0.1) is 12.3 Å². The maximum Gasteiger partial charge on any atom is 0.356 e. The number of nitrogen functional groups attached to an aromatic ring is 1. The Hall–Kier alpha value is -3.33. The van der Waals surface area contributed by atoms with Crippen molar-refractivity contribution in [3.63, 3.8) is 0 Å². The molecule has 37 heavy (non-hydrogen) atoms. The van der Waals surface area contributed by atoms with Crippen LogP contribution in [0.25, 0.3) is 11.2 Å². The first kappa shape index (κ1) is 28.2. The molecule has 0 aliphatic rings. The van der Waals surface area contributed by atoms with Crippen LogP contribution in [0.4, 0.5) is 5.95 Å². The molecule has 194 valence electrons. The summed E-state index contributed by atoms with van der Waals surface area (Å²) in [6, 6.07) is 7.26. The predicted octanol–water partition coefficient (Wildman–Crippen LogP) is 3.57. The van der Waals surface area contributed by atoms with Crippen molar-refractivity contribution in [2.45, 2.75) is 20.1 Å². The molecular formula is C24H25BrN5O6P. The number of nitrogens with one attached hydrogen (secondary N) is 1. The van der Waals surface area contributed by atoms with Gasteiger partial charge in [-0.25, -0.2) is 4.98 Å². The lowest BCUT2D eigenvalue weighted by atomic mass is 10.1. The van der Waals surface area contributed by atoms with E-state index in [2.05, 4.69) is 36.8 Å². The number of aromatic amines is 1. The molecule has 2 aromatic heterocycles. The molecule has 3 rings (SSSR count). The van der Waals surface area contributed by atoms with Gasteiger partial charge in [-0.15, -0.1) is 6.42 Å². The van der Waals surface area contributed by atoms with Crippen molar-refractivity contribution < 1.29 is 23.1 Å². The highest BCUT2D eigenvalue weighted by molar-refractivity contribution is 9.10. The molecule has 0 amide bonds. The number of imidazole rings is 1. The van der Waals surface area contributed by atoms with Gasteiger partial charge in [0.15, 0.2) is 16.9 Å². The van der Waals surface area contributed by atoms with Crippen LogP contribution in [0.15, 0.2) is 63.7 Å². The van der Waals surface area contributed by atoms with Gasteiger partial charge < -0.3 is 19.6 Å². The first-order chi connectivity index (χ1) is 17.7. The number of ketones is 1. The molecule has 0 fully saturated rings. The molecular weight excluding hydrogens is 565 g/mol. The highest BCUT2D eigenvalue weighted by Gasteiger charge is 2.27. The molecule has 11 nitrogen and oxygen atoms in total. The fourth-order valence-electron chi connectivity index (χ4n) is 3.12. The average Bonchev–Trinajstić information content (AvgIpc) is 3.27. The highest BCUT2D eigenvalue weighted by atomic mass is 79.9. The Morgan fingerprint density at radius 3 is 2.92 bits per heavy atom. The summed E-state index contributed by atoms with van der Waals surface area (Å²) in [6.45, 7) is 1.47. The molecule has 0 spiro atoms. The van der Waals surface area contributed by atoms with Crippen molar-refractivity contribution in [1.29, 1.82) is 0 Å². The molecule has 0 bridgehead atoms. The summed E-state index contributed by atoms with van der Waals surface area (Å²) in [6.07, 6.45) is 10.8. The van der Waals surface area contributed by atoms with Crippen LogP contribution >= 0.6 is 23.5 Å². The average molecular weight is 590 g/mol. The molecule has 0 saturated carbocycles. The number of rotatable bonds is 13. The van der Waals surface area contributed by atoms with Crippen molar-refractivity contribution in [3.05, 3.63) is 74.8 Å². The number of H-pyrrole nitrogens is 1. The van der Waals surface area contributed by atoms with Gasteiger partial charge in [0.1, 0.15) is 13.0 Å². The fraction of sp³-hybridized carbons (Fsp3) is 0.250. The van der Waals surface area contributed by atoms with Gasteiger partial charge in [-0.05, 0) is 30.7 Å². The number of fused-ring (bicyclic) bond motifs is 1. The minimum atomic E-state index is -3.88. The fourth-order valence-corrected chi connectivity index (χ4v) is 4.80. The van der Waals surface area contributed by atoms with Gasteiger partial charge in [0, 0.05) is 16.6 Å². The van der Waals surface area contributed by atoms with E-state index < -0.39 is 31.9 Å². The van der Waals surface area contributed by atoms with Crippen molar-refractivity contribution in [1.82, 2.24) is 19.5 Å². The summed E-state index contributed by atoms with van der Waals surface area (Å²) in [5.74, 6) is 1.80. The molecule has 1 aromatic carbocycles. The Bertz CT molecular complexity index is 1470. The first-order valence-corrected chi connectivity index (χ1v) is 13.5. The van der Waals surface area contributed by atoms with Crippen molar-refractivity contribution in [2.24, 2.45) is 0 Å². The van der Waals surface area contributed by atoms with Gasteiger partial charge in [-0.2, -0.15) is 4.98 Å². The third kappa shape index (κ3) is 8.08. The SMILES string of the molecule is C#C/C=C(\C=C/C)C(=O)COP(=O)(COCCn1cnc2c(=O)[nH]c(N)nc21)OCc1cccc(Br)c1. The number of hydrogen-bond donors (Lipinski definition) is 2. The van der Waals surface area contributed by atoms with E-state index in [-0.39, 0.29) is 42.4 Å². The number of anilines is 1. The van der Waals surface area contributed by atoms with Gasteiger partial charge in [0.2, 0.25) is 5.95 Å². The van der Waals surface area contributed by atoms with Crippen molar-refractivity contribution >= 4 is 46.4 Å². The lowest BCUT2D eigenvalue weighted by Crippen LogP contribution is -2.14. The van der Waals surface area contributed by atoms with E-state index in [1.54, 1.807) is 29.7 Å². The molecule has 2 heterocycles. The zero-order valence-corrected chi connectivity index (χ0v) is 22.4. The Labute approximate surface area is 221 Å². The lowest BCUT2D eigenvalue weighted by molar-refractivity contribution is -0.117. The van der Waals surface area contributed by atoms with Crippen LogP contribution < -0.4 is 11.3 Å². The number of allylic oxidation sites excluding steroid dienone is 3. The van der Waals surface area contributed by atoms with E-state index >= 15 is 0 Å². The smallest absolute Gasteiger partial charge is 0.356 e. The second kappa shape index (κ2) is 13.3. The standard InChI is InChI=1S/C24H25BrN5O6P/c1-3-6-18(7-4-2)20(31)14-36-37(33,35-13-17-8-5-9-19(25)12-17)16-34-11-10-30-15-27-21-22(30)28-24(26)29-23(21)32/h1,4-9,12,15H,10-11,13-14,16H2,2H3,(H3,26,28,29,32)/b7-4-,18-6+. The Balaban J connectivity index is 1.67. The summed E-state index contributed by atoms with van der Waals surface area (Å²) >= 11 is 3.38. The van der Waals surface area contributed by atoms with Gasteiger partial charge in [-0.1, -0.05) is 46.1 Å². The zero-order valence-electron chi connectivity index (χ0n) is 19.9. The van der Waals surface area contributed by atoms with Crippen molar-refractivity contribution in [2.75, 3.05) is 25.3 Å². The van der Waals surface area contributed by atoms with Crippen LogP contribution in [-0.2, 0) is 36.3 Å². The number of terminal acetylenes is 1. The van der Waals surface area contributed by atoms with Crippen LogP contribution in [0.3, 0.4) is 0 Å². The minimum absolute atomic E-state index is 0.0334. The van der Waals surface area contributed by atoms with Gasteiger partial charge in [0.25, 0.3) is 5.56 Å². The largest absolute Gasteiger partial charge is 0.369 e. The lowest BCUT2D eigenvalue weighted by Gasteiger charge is -2.19. The quantitative estimate of drug-likeness (QED) is 0.100. The van der Waals surface area contributed by atoms with Gasteiger partial charge >= 0.3 is 7.60 Å². The van der Waals surface area contributed by atoms with E-state index in [1.165, 1.54) is 18.5 Å². The number of halogens is 1. The summed E-state index contributed by atoms with van der Waals surface area (Å²) in [5.41, 5.74) is 6.56. The summed E-state index contributed by atoms with van der Waals surface area (Å²) < 4.78 is 32.6. The van der Waals surface area contributed by atoms with Gasteiger partial charge in [0.05, 0.1) is 19.5 Å². The monoisotopic (exact) mass is 589 g/mol. The second-order valence-electron chi connectivity index (χ2n) is 7.58. The zero-order chi connectivity index (χ0) is 26.8. The number of nitrogens with two attached hydrogens (primary N) is 1. The highest BCUT2D eigenvalue weighted by Crippen LogP contribution is 2.49. The van der Waals surface area contributed by atoms with E-state index in [9.17, 15) is 14.2 Å². The van der Waals surface area contributed by atoms with Crippen LogP contribution in [0.5, 0.6) is 0 Å². The van der Waals surface area contributed by atoms with Crippen LogP contribution in [0.2, 0.25) is 0 Å². The predicted molar refractivity (Wildman–Crippen MR) is 143 cm³/mol. The van der Waals surface area contributed by atoms with E-state index in [0.717, 1.165) is 10.0 Å². The number of carbonyl (C=O) groups excluding carboxylic acids is 1. The number of nitrogens with zero attached hydrogens (tertiary/aromatic N) is 3. The molecule has 3 aromatic rings. The molecule has 0 radical (unpaired) electrons. The molecule has 0 saturated heterocycles. The number of aromatic nitrogens is 4. The molecule has 0 aliphatic heterocycles. The molecule has 0 aliphatic carbocycles. The Morgan fingerprint density at radius 2 is 2.19 bits per heavy atom. The topological polar surface area (TPSA) is 151 Å². The summed E-state index contributed by atoms with van der Waals surface area (Å²) in [7, 11) is -3.88. The Morgan fingerprint density at radius 1 is 1.38 bits per heavy atom. The number of ether oxygens (including phenoxy) is 1. The summed E-state index contributed by atoms with van der Waals surface area (Å²) in [5, 5.41) is 0. The van der Waals surface area contributed by atoms with Crippen LogP contribution in [0.1, 0.15) is 12.5 Å².